The van der Waals surface area contributed by atoms with E-state index >= 15 is 0 Å². The van der Waals surface area contributed by atoms with Gasteiger partial charge in [0.1, 0.15) is 0 Å². The Kier molecular flexibility index (Phi) is 48.6. The van der Waals surface area contributed by atoms with Gasteiger partial charge in [-0.2, -0.15) is 0 Å². The highest BCUT2D eigenvalue weighted by atomic mass is 16.5. The SMILES string of the molecule is CCCCCCCCCCCCCCCCCCCC(=O)OCCCCCCCCCCCCCCCCCC(=O)NC(CO)C(O)CCCCCCCCCCCC. The second-order valence-electron chi connectivity index (χ2n) is 18.6. The molecule has 0 aromatic carbocycles. The fraction of sp³-hybridized carbons (Fsp3) is 0.962. The first-order valence-corrected chi connectivity index (χ1v) is 26.8. The molecule has 0 spiro atoms. The lowest BCUT2D eigenvalue weighted by molar-refractivity contribution is -0.143. The van der Waals surface area contributed by atoms with E-state index in [0.717, 1.165) is 44.9 Å². The lowest BCUT2D eigenvalue weighted by Gasteiger charge is -2.22. The molecule has 0 aromatic heterocycles. The monoisotopic (exact) mass is 836 g/mol. The summed E-state index contributed by atoms with van der Waals surface area (Å²) in [5.41, 5.74) is 0. The largest absolute Gasteiger partial charge is 0.466 e. The standard InChI is InChI=1S/C53H105NO5/c1-3-5-7-9-11-13-15-16-17-18-21-24-27-31-35-39-43-47-53(58)59-48-44-40-36-32-28-25-22-19-20-23-26-30-34-38-42-46-52(57)54-50(49-55)51(56)45-41-37-33-29-14-12-10-8-6-4-2/h50-51,55-56H,3-49H2,1-2H3,(H,54,57). The van der Waals surface area contributed by atoms with Crippen molar-refractivity contribution in [2.75, 3.05) is 13.2 Å². The van der Waals surface area contributed by atoms with Crippen LogP contribution in [0.15, 0.2) is 0 Å². The van der Waals surface area contributed by atoms with Crippen molar-refractivity contribution >= 4 is 11.9 Å². The minimum atomic E-state index is -0.666. The van der Waals surface area contributed by atoms with E-state index in [-0.39, 0.29) is 18.5 Å². The minimum absolute atomic E-state index is 0.00498. The molecule has 0 aliphatic rings. The molecule has 0 fully saturated rings. The summed E-state index contributed by atoms with van der Waals surface area (Å²) in [6.45, 7) is 4.94. The Labute approximate surface area is 368 Å². The van der Waals surface area contributed by atoms with Crippen LogP contribution in [0.1, 0.15) is 303 Å². The van der Waals surface area contributed by atoms with Crippen LogP contribution in [0, 0.1) is 0 Å². The Morgan fingerprint density at radius 1 is 0.407 bits per heavy atom. The molecule has 59 heavy (non-hydrogen) atoms. The number of hydrogen-bond donors (Lipinski definition) is 3. The van der Waals surface area contributed by atoms with Crippen LogP contribution in [0.2, 0.25) is 0 Å². The highest BCUT2D eigenvalue weighted by molar-refractivity contribution is 5.76. The Bertz CT molecular complexity index is 837. The number of aliphatic hydroxyl groups excluding tert-OH is 2. The summed E-state index contributed by atoms with van der Waals surface area (Å²) in [7, 11) is 0. The van der Waals surface area contributed by atoms with Crippen molar-refractivity contribution in [3.05, 3.63) is 0 Å². The maximum atomic E-state index is 12.4. The zero-order chi connectivity index (χ0) is 43.0. The van der Waals surface area contributed by atoms with Gasteiger partial charge >= 0.3 is 5.97 Å². The predicted octanol–water partition coefficient (Wildman–Crippen LogP) is 16.0. The van der Waals surface area contributed by atoms with Crippen LogP contribution in [0.4, 0.5) is 0 Å². The van der Waals surface area contributed by atoms with Crippen molar-refractivity contribution in [1.29, 1.82) is 0 Å². The summed E-state index contributed by atoms with van der Waals surface area (Å²) in [6.07, 6.45) is 55.1. The molecule has 0 saturated heterocycles. The number of unbranched alkanes of at least 4 members (excludes halogenated alkanes) is 39. The predicted molar refractivity (Wildman–Crippen MR) is 255 cm³/mol. The van der Waals surface area contributed by atoms with E-state index < -0.39 is 12.1 Å². The van der Waals surface area contributed by atoms with Gasteiger partial charge in [0.05, 0.1) is 25.4 Å². The molecule has 6 nitrogen and oxygen atoms in total. The van der Waals surface area contributed by atoms with E-state index in [1.54, 1.807) is 0 Å². The van der Waals surface area contributed by atoms with Crippen LogP contribution < -0.4 is 5.32 Å². The summed E-state index contributed by atoms with van der Waals surface area (Å²) >= 11 is 0. The molecular formula is C53H105NO5. The molecule has 0 bridgehead atoms. The molecular weight excluding hydrogens is 731 g/mol. The Hall–Kier alpha value is -1.14. The molecule has 6 heteroatoms. The topological polar surface area (TPSA) is 95.9 Å². The van der Waals surface area contributed by atoms with Gasteiger partial charge in [-0.05, 0) is 25.7 Å². The van der Waals surface area contributed by atoms with Gasteiger partial charge in [-0.3, -0.25) is 9.59 Å². The van der Waals surface area contributed by atoms with E-state index in [1.807, 2.05) is 0 Å². The number of rotatable bonds is 50. The number of amides is 1. The molecule has 0 aliphatic heterocycles. The minimum Gasteiger partial charge on any atom is -0.466 e. The number of ether oxygens (including phenoxy) is 1. The van der Waals surface area contributed by atoms with Crippen molar-refractivity contribution in [2.45, 2.75) is 315 Å². The van der Waals surface area contributed by atoms with Crippen molar-refractivity contribution in [3.8, 4) is 0 Å². The molecule has 0 aliphatic carbocycles. The Morgan fingerprint density at radius 2 is 0.695 bits per heavy atom. The number of esters is 1. The fourth-order valence-corrected chi connectivity index (χ4v) is 8.52. The van der Waals surface area contributed by atoms with Crippen LogP contribution in [-0.2, 0) is 14.3 Å². The summed E-state index contributed by atoms with van der Waals surface area (Å²) in [5.74, 6) is -0.0387. The third-order valence-corrected chi connectivity index (χ3v) is 12.7. The summed E-state index contributed by atoms with van der Waals surface area (Å²) < 4.78 is 5.48. The number of nitrogens with one attached hydrogen (secondary N) is 1. The van der Waals surface area contributed by atoms with Crippen molar-refractivity contribution in [2.24, 2.45) is 0 Å². The van der Waals surface area contributed by atoms with Gasteiger partial charge in [-0.25, -0.2) is 0 Å². The number of hydrogen-bond acceptors (Lipinski definition) is 5. The van der Waals surface area contributed by atoms with Crippen LogP contribution >= 0.6 is 0 Å². The first kappa shape index (κ1) is 57.9. The lowest BCUT2D eigenvalue weighted by atomic mass is 10.0. The average Bonchev–Trinajstić information content (AvgIpc) is 3.24. The van der Waals surface area contributed by atoms with Crippen molar-refractivity contribution in [3.63, 3.8) is 0 Å². The molecule has 352 valence electrons. The number of carbonyl (C=O) groups excluding carboxylic acids is 2. The molecule has 0 rings (SSSR count). The fourth-order valence-electron chi connectivity index (χ4n) is 8.52. The molecule has 0 heterocycles. The highest BCUT2D eigenvalue weighted by Gasteiger charge is 2.20. The first-order valence-electron chi connectivity index (χ1n) is 26.8. The van der Waals surface area contributed by atoms with Gasteiger partial charge in [0.15, 0.2) is 0 Å². The van der Waals surface area contributed by atoms with Crippen molar-refractivity contribution in [1.82, 2.24) is 5.32 Å². The van der Waals surface area contributed by atoms with E-state index in [4.69, 9.17) is 4.74 Å². The Balaban J connectivity index is 3.37. The van der Waals surface area contributed by atoms with Crippen LogP contribution in [0.5, 0.6) is 0 Å². The first-order chi connectivity index (χ1) is 29.0. The second-order valence-corrected chi connectivity index (χ2v) is 18.6. The van der Waals surface area contributed by atoms with E-state index in [1.165, 1.54) is 225 Å². The highest BCUT2D eigenvalue weighted by Crippen LogP contribution is 2.17. The Morgan fingerprint density at radius 3 is 1.03 bits per heavy atom. The molecule has 0 saturated carbocycles. The van der Waals surface area contributed by atoms with Crippen LogP contribution in [-0.4, -0.2) is 47.4 Å². The third kappa shape index (κ3) is 46.2. The second kappa shape index (κ2) is 49.5. The molecule has 2 atom stereocenters. The quantitative estimate of drug-likeness (QED) is 0.0419. The smallest absolute Gasteiger partial charge is 0.305 e. The van der Waals surface area contributed by atoms with Gasteiger partial charge in [-0.15, -0.1) is 0 Å². The average molecular weight is 836 g/mol. The van der Waals surface area contributed by atoms with E-state index in [9.17, 15) is 19.8 Å². The lowest BCUT2D eigenvalue weighted by Crippen LogP contribution is -2.45. The maximum absolute atomic E-state index is 12.4. The zero-order valence-corrected chi connectivity index (χ0v) is 40.0. The van der Waals surface area contributed by atoms with Gasteiger partial charge in [-0.1, -0.05) is 264 Å². The summed E-state index contributed by atoms with van der Waals surface area (Å²) in [5, 5.41) is 23.1. The maximum Gasteiger partial charge on any atom is 0.305 e. The van der Waals surface area contributed by atoms with Gasteiger partial charge in [0, 0.05) is 12.8 Å². The normalized spacial score (nSPS) is 12.5. The molecule has 3 N–H and O–H groups in total. The van der Waals surface area contributed by atoms with Gasteiger partial charge < -0.3 is 20.3 Å². The molecule has 2 unspecified atom stereocenters. The van der Waals surface area contributed by atoms with Crippen LogP contribution in [0.3, 0.4) is 0 Å². The number of aliphatic hydroxyl groups is 2. The van der Waals surface area contributed by atoms with E-state index in [2.05, 4.69) is 19.2 Å². The molecule has 0 aromatic rings. The zero-order valence-electron chi connectivity index (χ0n) is 40.0. The number of carbonyl (C=O) groups is 2. The summed E-state index contributed by atoms with van der Waals surface area (Å²) in [6, 6.07) is -0.544. The third-order valence-electron chi connectivity index (χ3n) is 12.7. The van der Waals surface area contributed by atoms with Crippen molar-refractivity contribution < 1.29 is 24.5 Å². The van der Waals surface area contributed by atoms with Crippen LogP contribution in [0.25, 0.3) is 0 Å². The molecule has 0 radical (unpaired) electrons. The molecule has 1 amide bonds. The van der Waals surface area contributed by atoms with E-state index in [0.29, 0.717) is 25.9 Å². The summed E-state index contributed by atoms with van der Waals surface area (Å²) in [4.78, 5) is 24.5. The van der Waals surface area contributed by atoms with Gasteiger partial charge in [0.25, 0.3) is 0 Å². The van der Waals surface area contributed by atoms with Gasteiger partial charge in [0.2, 0.25) is 5.91 Å².